The summed E-state index contributed by atoms with van der Waals surface area (Å²) < 4.78 is 5.75. The van der Waals surface area contributed by atoms with Crippen LogP contribution in [0.4, 0.5) is 0 Å². The summed E-state index contributed by atoms with van der Waals surface area (Å²) in [5.41, 5.74) is 2.82. The summed E-state index contributed by atoms with van der Waals surface area (Å²) >= 11 is 0. The van der Waals surface area contributed by atoms with Crippen LogP contribution in [0.5, 0.6) is 0 Å². The first-order chi connectivity index (χ1) is 12.6. The molecule has 1 N–H and O–H groups in total. The first-order valence-corrected chi connectivity index (χ1v) is 10.4. The molecule has 5 heteroatoms. The molecule has 0 atom stereocenters. The molecule has 0 aromatic heterocycles. The van der Waals surface area contributed by atoms with Gasteiger partial charge < -0.3 is 15.0 Å². The lowest BCUT2D eigenvalue weighted by atomic mass is 10.0. The van der Waals surface area contributed by atoms with Gasteiger partial charge in [-0.25, -0.2) is 0 Å². The van der Waals surface area contributed by atoms with Crippen molar-refractivity contribution in [3.63, 3.8) is 0 Å². The van der Waals surface area contributed by atoms with Gasteiger partial charge >= 0.3 is 0 Å². The average molecular weight is 487 g/mol. The van der Waals surface area contributed by atoms with E-state index in [0.717, 1.165) is 64.4 Å². The smallest absolute Gasteiger partial charge is 0.193 e. The predicted octanol–water partition coefficient (Wildman–Crippen LogP) is 4.83. The van der Waals surface area contributed by atoms with Crippen LogP contribution in [-0.4, -0.2) is 49.7 Å². The summed E-state index contributed by atoms with van der Waals surface area (Å²) in [6, 6.07) is 9.05. The second-order valence-electron chi connectivity index (χ2n) is 7.38. The second-order valence-corrected chi connectivity index (χ2v) is 7.38. The van der Waals surface area contributed by atoms with Gasteiger partial charge in [-0.2, -0.15) is 0 Å². The Labute approximate surface area is 183 Å². The fourth-order valence-electron chi connectivity index (χ4n) is 3.43. The van der Waals surface area contributed by atoms with Gasteiger partial charge in [0.1, 0.15) is 0 Å². The van der Waals surface area contributed by atoms with Crippen molar-refractivity contribution in [3.8, 4) is 0 Å². The topological polar surface area (TPSA) is 36.9 Å². The molecule has 1 aromatic carbocycles. The Bertz CT molecular complexity index is 537. The van der Waals surface area contributed by atoms with Crippen molar-refractivity contribution < 1.29 is 4.74 Å². The van der Waals surface area contributed by atoms with Crippen LogP contribution in [0.25, 0.3) is 0 Å². The number of hydrogen-bond acceptors (Lipinski definition) is 2. The van der Waals surface area contributed by atoms with E-state index in [2.05, 4.69) is 62.2 Å². The van der Waals surface area contributed by atoms with E-state index in [0.29, 0.717) is 12.0 Å². The van der Waals surface area contributed by atoms with E-state index < -0.39 is 0 Å². The molecular formula is C22H38IN3O. The number of likely N-dealkylation sites (tertiary alicyclic amines) is 1. The van der Waals surface area contributed by atoms with E-state index in [9.17, 15) is 0 Å². The van der Waals surface area contributed by atoms with Gasteiger partial charge in [-0.1, -0.05) is 38.1 Å². The maximum absolute atomic E-state index is 5.75. The van der Waals surface area contributed by atoms with E-state index in [4.69, 9.17) is 9.73 Å². The lowest BCUT2D eigenvalue weighted by Gasteiger charge is -2.34. The van der Waals surface area contributed by atoms with Crippen LogP contribution in [-0.2, 0) is 11.2 Å². The molecule has 1 fully saturated rings. The van der Waals surface area contributed by atoms with E-state index in [-0.39, 0.29) is 24.0 Å². The van der Waals surface area contributed by atoms with Gasteiger partial charge in [0, 0.05) is 32.8 Å². The molecule has 0 amide bonds. The van der Waals surface area contributed by atoms with Crippen LogP contribution < -0.4 is 5.32 Å². The highest BCUT2D eigenvalue weighted by atomic mass is 127. The summed E-state index contributed by atoms with van der Waals surface area (Å²) in [7, 11) is 0. The van der Waals surface area contributed by atoms with Crippen LogP contribution >= 0.6 is 24.0 Å². The molecule has 0 spiro atoms. The van der Waals surface area contributed by atoms with Crippen molar-refractivity contribution in [1.29, 1.82) is 0 Å². The summed E-state index contributed by atoms with van der Waals surface area (Å²) in [4.78, 5) is 7.25. The molecule has 4 nitrogen and oxygen atoms in total. The molecule has 0 unspecified atom stereocenters. The number of halogens is 1. The van der Waals surface area contributed by atoms with E-state index in [1.165, 1.54) is 11.1 Å². The zero-order valence-corrected chi connectivity index (χ0v) is 19.9. The maximum Gasteiger partial charge on any atom is 0.193 e. The Hall–Kier alpha value is -0.820. The van der Waals surface area contributed by atoms with Crippen LogP contribution in [0, 0.1) is 0 Å². The van der Waals surface area contributed by atoms with Gasteiger partial charge in [-0.05, 0) is 56.6 Å². The molecule has 1 aromatic rings. The molecule has 0 aliphatic carbocycles. The zero-order valence-electron chi connectivity index (χ0n) is 17.5. The van der Waals surface area contributed by atoms with Gasteiger partial charge in [0.05, 0.1) is 6.10 Å². The summed E-state index contributed by atoms with van der Waals surface area (Å²) in [5.74, 6) is 1.67. The lowest BCUT2D eigenvalue weighted by molar-refractivity contribution is 0.0264. The number of piperidine rings is 1. The van der Waals surface area contributed by atoms with Crippen LogP contribution in [0.1, 0.15) is 64.0 Å². The SMILES string of the molecule is CCNC(=NCCCc1ccc(C(C)C)cc1)N1CCC(OCC)CC1.I. The number of nitrogens with one attached hydrogen (secondary N) is 1. The standard InChI is InChI=1S/C22H37N3O.HI/c1-5-23-22(25-16-13-21(14-17-25)26-6-2)24-15-7-8-19-9-11-20(12-10-19)18(3)4;/h9-12,18,21H,5-8,13-17H2,1-4H3,(H,23,24);1H. The molecular weight excluding hydrogens is 449 g/mol. The van der Waals surface area contributed by atoms with Crippen LogP contribution in [0.3, 0.4) is 0 Å². The average Bonchev–Trinajstić information content (AvgIpc) is 2.65. The number of hydrogen-bond donors (Lipinski definition) is 1. The van der Waals surface area contributed by atoms with E-state index >= 15 is 0 Å². The molecule has 2 rings (SSSR count). The first-order valence-electron chi connectivity index (χ1n) is 10.4. The third-order valence-corrected chi connectivity index (χ3v) is 5.01. The number of benzene rings is 1. The zero-order chi connectivity index (χ0) is 18.8. The highest BCUT2D eigenvalue weighted by Gasteiger charge is 2.21. The Balaban J connectivity index is 0.00000364. The Kier molecular flexibility index (Phi) is 12.0. The minimum Gasteiger partial charge on any atom is -0.378 e. The molecule has 1 heterocycles. The van der Waals surface area contributed by atoms with E-state index in [1.807, 2.05) is 0 Å². The Morgan fingerprint density at radius 2 is 1.85 bits per heavy atom. The fourth-order valence-corrected chi connectivity index (χ4v) is 3.43. The highest BCUT2D eigenvalue weighted by Crippen LogP contribution is 2.16. The Morgan fingerprint density at radius 1 is 1.19 bits per heavy atom. The first kappa shape index (κ1) is 24.2. The van der Waals surface area contributed by atoms with Gasteiger partial charge in [-0.15, -0.1) is 24.0 Å². The monoisotopic (exact) mass is 487 g/mol. The number of aryl methyl sites for hydroxylation is 1. The molecule has 1 aliphatic heterocycles. The summed E-state index contributed by atoms with van der Waals surface area (Å²) in [6.07, 6.45) is 4.80. The molecule has 0 saturated carbocycles. The third-order valence-electron chi connectivity index (χ3n) is 5.01. The largest absolute Gasteiger partial charge is 0.378 e. The summed E-state index contributed by atoms with van der Waals surface area (Å²) in [6.45, 7) is 13.4. The van der Waals surface area contributed by atoms with Crippen LogP contribution in [0.15, 0.2) is 29.3 Å². The van der Waals surface area contributed by atoms with Crippen LogP contribution in [0.2, 0.25) is 0 Å². The van der Waals surface area contributed by atoms with Crippen molar-refractivity contribution in [2.75, 3.05) is 32.8 Å². The van der Waals surface area contributed by atoms with Crippen molar-refractivity contribution in [2.24, 2.45) is 4.99 Å². The number of aliphatic imine (C=N–C) groups is 1. The number of rotatable bonds is 8. The van der Waals surface area contributed by atoms with Crippen molar-refractivity contribution in [3.05, 3.63) is 35.4 Å². The molecule has 0 radical (unpaired) electrons. The minimum atomic E-state index is 0. The van der Waals surface area contributed by atoms with Gasteiger partial charge in [0.15, 0.2) is 5.96 Å². The maximum atomic E-state index is 5.75. The van der Waals surface area contributed by atoms with Crippen molar-refractivity contribution in [1.82, 2.24) is 10.2 Å². The van der Waals surface area contributed by atoms with E-state index in [1.54, 1.807) is 0 Å². The normalized spacial score (nSPS) is 15.7. The lowest BCUT2D eigenvalue weighted by Crippen LogP contribution is -2.47. The van der Waals surface area contributed by atoms with Gasteiger partial charge in [0.25, 0.3) is 0 Å². The number of nitrogens with zero attached hydrogens (tertiary/aromatic N) is 2. The predicted molar refractivity (Wildman–Crippen MR) is 126 cm³/mol. The van der Waals surface area contributed by atoms with Gasteiger partial charge in [-0.3, -0.25) is 4.99 Å². The second kappa shape index (κ2) is 13.4. The molecule has 0 bridgehead atoms. The fraction of sp³-hybridized carbons (Fsp3) is 0.682. The molecule has 1 aliphatic rings. The third kappa shape index (κ3) is 8.38. The molecule has 154 valence electrons. The van der Waals surface area contributed by atoms with Crippen molar-refractivity contribution >= 4 is 29.9 Å². The molecule has 1 saturated heterocycles. The number of ether oxygens (including phenoxy) is 1. The van der Waals surface area contributed by atoms with Crippen molar-refractivity contribution in [2.45, 2.75) is 65.4 Å². The minimum absolute atomic E-state index is 0. The van der Waals surface area contributed by atoms with Gasteiger partial charge in [0.2, 0.25) is 0 Å². The quantitative estimate of drug-likeness (QED) is 0.247. The highest BCUT2D eigenvalue weighted by molar-refractivity contribution is 14.0. The molecule has 27 heavy (non-hydrogen) atoms. The summed E-state index contributed by atoms with van der Waals surface area (Å²) in [5, 5.41) is 3.45. The Morgan fingerprint density at radius 3 is 2.41 bits per heavy atom. The number of guanidine groups is 1.